The second kappa shape index (κ2) is 15.0. The van der Waals surface area contributed by atoms with Gasteiger partial charge in [-0.15, -0.1) is 0 Å². The summed E-state index contributed by atoms with van der Waals surface area (Å²) < 4.78 is 108. The van der Waals surface area contributed by atoms with Crippen LogP contribution in [0.25, 0.3) is 104 Å². The third kappa shape index (κ3) is 6.20. The van der Waals surface area contributed by atoms with Crippen LogP contribution >= 0.6 is 0 Å². The molecule has 0 atom stereocenters. The van der Waals surface area contributed by atoms with Crippen LogP contribution in [0.3, 0.4) is 0 Å². The molecule has 0 unspecified atom stereocenters. The zero-order valence-electron chi connectivity index (χ0n) is 45.5. The van der Waals surface area contributed by atoms with E-state index in [1.807, 2.05) is 109 Å². The van der Waals surface area contributed by atoms with E-state index in [1.165, 1.54) is 0 Å². The monoisotopic (exact) mass is 839 g/mol. The highest BCUT2D eigenvalue weighted by Gasteiger charge is 2.18. The first-order valence-corrected chi connectivity index (χ1v) is 21.4. The van der Waals surface area contributed by atoms with Crippen molar-refractivity contribution in [1.29, 1.82) is 0 Å². The lowest BCUT2D eigenvalue weighted by Crippen LogP contribution is -2.09. The summed E-state index contributed by atoms with van der Waals surface area (Å²) in [5, 5.41) is 5.70. The van der Waals surface area contributed by atoms with E-state index in [4.69, 9.17) is 12.6 Å². The van der Waals surface area contributed by atoms with Gasteiger partial charge in [-0.1, -0.05) is 164 Å². The number of hydrogen-bond acceptors (Lipinski definition) is 2. The maximum Gasteiger partial charge on any atom is 0.143 e. The predicted molar refractivity (Wildman–Crippen MR) is 274 cm³/mol. The van der Waals surface area contributed by atoms with E-state index < -0.39 is 77.6 Å². The van der Waals surface area contributed by atoms with Gasteiger partial charge in [-0.25, -0.2) is 0 Å². The highest BCUT2D eigenvalue weighted by molar-refractivity contribution is 6.15. The smallest absolute Gasteiger partial charge is 0.143 e. The van der Waals surface area contributed by atoms with Crippen molar-refractivity contribution in [3.63, 3.8) is 0 Å². The number of rotatable bonds is 7. The summed E-state index contributed by atoms with van der Waals surface area (Å²) in [7, 11) is 0. The molecule has 0 fully saturated rings. The molecule has 0 aliphatic heterocycles. The Morgan fingerprint density at radius 2 is 0.985 bits per heavy atom. The molecule has 11 aromatic carbocycles. The van der Waals surface area contributed by atoms with E-state index in [-0.39, 0.29) is 16.5 Å². The van der Waals surface area contributed by atoms with Crippen LogP contribution in [0.1, 0.15) is 15.1 Å². The van der Waals surface area contributed by atoms with E-state index in [0.29, 0.717) is 11.4 Å². The fourth-order valence-electron chi connectivity index (χ4n) is 9.23. The van der Waals surface area contributed by atoms with Gasteiger partial charge in [0, 0.05) is 49.6 Å². The van der Waals surface area contributed by atoms with Crippen molar-refractivity contribution in [1.82, 2.24) is 4.57 Å². The first-order valence-electron chi connectivity index (χ1n) is 26.9. The summed E-state index contributed by atoms with van der Waals surface area (Å²) in [5.74, 6) is 0. The molecule has 3 heteroatoms. The Labute approximate surface area is 391 Å². The molecule has 0 bridgehead atoms. The van der Waals surface area contributed by atoms with Crippen LogP contribution in [-0.2, 0) is 0 Å². The van der Waals surface area contributed by atoms with Crippen molar-refractivity contribution in [2.45, 2.75) is 0 Å². The molecule has 0 N–H and O–H groups in total. The normalized spacial score (nSPS) is 14.1. The molecule has 13 aromatic rings. The fraction of sp³-hybridized carbons (Fsp3) is 0. The lowest BCUT2D eigenvalue weighted by Gasteiger charge is -2.26. The van der Waals surface area contributed by atoms with Crippen LogP contribution in [0, 0.1) is 0 Å². The van der Waals surface area contributed by atoms with Crippen LogP contribution in [0.5, 0.6) is 0 Å². The van der Waals surface area contributed by atoms with E-state index in [1.54, 1.807) is 4.90 Å². The van der Waals surface area contributed by atoms with Crippen molar-refractivity contribution in [3.8, 4) is 39.1 Å². The molecule has 0 saturated carbocycles. The Morgan fingerprint density at radius 3 is 1.74 bits per heavy atom. The van der Waals surface area contributed by atoms with Crippen LogP contribution in [0.4, 0.5) is 17.1 Å². The minimum Gasteiger partial charge on any atom is -0.455 e. The molecular formula is C62H40N2O. The van der Waals surface area contributed by atoms with E-state index >= 15 is 0 Å². The van der Waals surface area contributed by atoms with Crippen molar-refractivity contribution in [2.24, 2.45) is 0 Å². The lowest BCUT2D eigenvalue weighted by atomic mass is 10.00. The summed E-state index contributed by atoms with van der Waals surface area (Å²) in [6.07, 6.45) is 0. The second-order valence-electron chi connectivity index (χ2n) is 16.0. The number of para-hydroxylation sites is 3. The average molecular weight is 840 g/mol. The zero-order valence-corrected chi connectivity index (χ0v) is 34.5. The molecule has 3 nitrogen and oxygen atoms in total. The number of benzene rings is 11. The Morgan fingerprint density at radius 1 is 0.385 bits per heavy atom. The molecule has 0 spiro atoms. The summed E-state index contributed by atoms with van der Waals surface area (Å²) >= 11 is 0. The lowest BCUT2D eigenvalue weighted by molar-refractivity contribution is 0.673. The third-order valence-electron chi connectivity index (χ3n) is 12.3. The number of nitrogens with zero attached hydrogens (tertiary/aromatic N) is 2. The van der Waals surface area contributed by atoms with E-state index in [0.717, 1.165) is 82.5 Å². The molecule has 2 aromatic heterocycles. The Hall–Kier alpha value is -8.66. The van der Waals surface area contributed by atoms with Gasteiger partial charge in [0.05, 0.1) is 31.8 Å². The first kappa shape index (κ1) is 27.4. The quantitative estimate of drug-likeness (QED) is 0.159. The minimum atomic E-state index is -0.658. The van der Waals surface area contributed by atoms with Gasteiger partial charge in [-0.3, -0.25) is 0 Å². The van der Waals surface area contributed by atoms with Crippen molar-refractivity contribution in [3.05, 3.63) is 242 Å². The van der Waals surface area contributed by atoms with Crippen molar-refractivity contribution < 1.29 is 19.5 Å². The molecule has 0 saturated heterocycles. The van der Waals surface area contributed by atoms with Crippen molar-refractivity contribution >= 4 is 82.4 Å². The molecule has 304 valence electrons. The highest BCUT2D eigenvalue weighted by Crippen LogP contribution is 2.41. The Bertz CT molecular complexity index is 4520. The predicted octanol–water partition coefficient (Wildman–Crippen LogP) is 17.5. The number of hydrogen-bond donors (Lipinski definition) is 0. The van der Waals surface area contributed by atoms with Crippen LogP contribution < -0.4 is 4.90 Å². The van der Waals surface area contributed by atoms with Gasteiger partial charge in [-0.2, -0.15) is 0 Å². The molecule has 0 radical (unpaired) electrons. The zero-order chi connectivity index (χ0) is 52.4. The SMILES string of the molecule is [2H]c1c([2H])c(N(c2ccc(-c3ccc4c(c3)oc3c5ccccc5ccc43)cc2)c2ccc(-c3ccccc3-n3c4ccccc4c4ccccc43)cc2)c([2H])c([2H])c1-c1c([2H])c([2H])c2c([2H])c([2H])c([2H])c([2H])c2c1[2H]. The second-order valence-corrected chi connectivity index (χ2v) is 16.0. The van der Waals surface area contributed by atoms with Gasteiger partial charge < -0.3 is 13.9 Å². The van der Waals surface area contributed by atoms with Crippen LogP contribution in [0.2, 0.25) is 0 Å². The topological polar surface area (TPSA) is 21.3 Å². The van der Waals surface area contributed by atoms with Crippen molar-refractivity contribution in [2.75, 3.05) is 4.90 Å². The molecule has 13 rings (SSSR count). The van der Waals surface area contributed by atoms with Crippen LogP contribution in [-0.4, -0.2) is 4.57 Å². The average Bonchev–Trinajstić information content (AvgIpc) is 4.00. The Kier molecular flexibility index (Phi) is 6.33. The largest absolute Gasteiger partial charge is 0.455 e. The van der Waals surface area contributed by atoms with E-state index in [2.05, 4.69) is 71.3 Å². The fourth-order valence-corrected chi connectivity index (χ4v) is 9.23. The van der Waals surface area contributed by atoms with Gasteiger partial charge in [0.15, 0.2) is 0 Å². The number of anilines is 3. The van der Waals surface area contributed by atoms with Gasteiger partial charge >= 0.3 is 0 Å². The molecule has 0 amide bonds. The molecule has 65 heavy (non-hydrogen) atoms. The Balaban J connectivity index is 0.968. The summed E-state index contributed by atoms with van der Waals surface area (Å²) in [6, 6.07) is 51.9. The molecule has 0 aliphatic carbocycles. The molecule has 0 aliphatic rings. The summed E-state index contributed by atoms with van der Waals surface area (Å²) in [6.45, 7) is 0. The number of furan rings is 1. The van der Waals surface area contributed by atoms with Crippen LogP contribution in [0.15, 0.2) is 247 Å². The number of fused-ring (bicyclic) bond motifs is 9. The number of aromatic nitrogens is 1. The van der Waals surface area contributed by atoms with Gasteiger partial charge in [0.2, 0.25) is 0 Å². The molecule has 2 heterocycles. The first-order chi connectivity index (χ1) is 36.8. The highest BCUT2D eigenvalue weighted by atomic mass is 16.3. The maximum atomic E-state index is 9.68. The summed E-state index contributed by atoms with van der Waals surface area (Å²) in [5.41, 5.74) is 8.22. The van der Waals surface area contributed by atoms with Gasteiger partial charge in [0.1, 0.15) is 11.2 Å². The standard InChI is InChI=1S/C62H40N2O/c1-2-13-46-39-47(22-21-41(46)11-1)42-23-31-49(32-24-42)63(50-33-25-43(26-34-50)48-30-37-56-57-38-29-44-12-3-4-15-53(44)62(57)65-61(56)40-48)51-35-27-45(28-36-51)52-14-5-8-18-58(52)64-59-19-9-6-16-54(59)55-17-7-10-20-60(55)64/h1-40H/i1D,2D,11D,13D,21D,22D,23D,24D,31D,32D,39D. The summed E-state index contributed by atoms with van der Waals surface area (Å²) in [4.78, 5) is 1.65. The third-order valence-corrected chi connectivity index (χ3v) is 12.3. The molecular weight excluding hydrogens is 789 g/mol. The van der Waals surface area contributed by atoms with Gasteiger partial charge in [-0.05, 0) is 123 Å². The minimum absolute atomic E-state index is 0.118. The maximum absolute atomic E-state index is 9.68. The van der Waals surface area contributed by atoms with E-state index in [9.17, 15) is 6.85 Å². The van der Waals surface area contributed by atoms with Gasteiger partial charge in [0.25, 0.3) is 0 Å².